The molecule has 0 radical (unpaired) electrons. The number of benzene rings is 4. The number of fused-ring (bicyclic) bond motifs is 2. The Morgan fingerprint density at radius 2 is 0.952 bits per heavy atom. The Morgan fingerprint density at radius 1 is 0.595 bits per heavy atom. The van der Waals surface area contributed by atoms with Gasteiger partial charge in [-0.3, -0.25) is 9.59 Å². The minimum Gasteiger partial charge on any atom is -0.506 e. The van der Waals surface area contributed by atoms with Gasteiger partial charge in [0.25, 0.3) is 0 Å². The van der Waals surface area contributed by atoms with Gasteiger partial charge in [-0.1, -0.05) is 51.0 Å². The lowest BCUT2D eigenvalue weighted by Gasteiger charge is -2.24. The predicted molar refractivity (Wildman–Crippen MR) is 164 cm³/mol. The molecule has 1 aliphatic rings. The fourth-order valence-corrected chi connectivity index (χ4v) is 5.14. The Kier molecular flexibility index (Phi) is 8.06. The fraction of sp³-hybridized carbons (Fsp3) is 0.235. The van der Waals surface area contributed by atoms with Crippen molar-refractivity contribution in [1.29, 1.82) is 0 Å². The summed E-state index contributed by atoms with van der Waals surface area (Å²) in [5, 5.41) is 22.6. The number of aromatic hydroxyl groups is 2. The fourth-order valence-electron chi connectivity index (χ4n) is 5.14. The summed E-state index contributed by atoms with van der Waals surface area (Å²) in [6, 6.07) is 17.0. The average Bonchev–Trinajstić information content (AvgIpc) is 2.99. The van der Waals surface area contributed by atoms with Gasteiger partial charge in [-0.25, -0.2) is 0 Å². The third-order valence-corrected chi connectivity index (χ3v) is 7.43. The van der Waals surface area contributed by atoms with E-state index in [0.29, 0.717) is 35.8 Å². The number of anilines is 2. The van der Waals surface area contributed by atoms with E-state index in [1.165, 1.54) is 12.1 Å². The molecule has 8 nitrogen and oxygen atoms in total. The van der Waals surface area contributed by atoms with Crippen molar-refractivity contribution in [3.05, 3.63) is 82.9 Å². The van der Waals surface area contributed by atoms with Crippen LogP contribution in [0.4, 0.5) is 11.4 Å². The number of carbonyl (C=O) groups excluding carboxylic acids is 2. The topological polar surface area (TPSA) is 145 Å². The predicted octanol–water partition coefficient (Wildman–Crippen LogP) is 6.73. The molecule has 0 amide bonds. The molecule has 0 bridgehead atoms. The Bertz CT molecular complexity index is 1530. The van der Waals surface area contributed by atoms with Gasteiger partial charge in [-0.15, -0.1) is 0 Å². The number of phenols is 2. The van der Waals surface area contributed by atoms with Gasteiger partial charge >= 0.3 is 0 Å². The van der Waals surface area contributed by atoms with Crippen LogP contribution in [0.1, 0.15) is 71.4 Å². The van der Waals surface area contributed by atoms with E-state index in [4.69, 9.17) is 20.9 Å². The maximum Gasteiger partial charge on any atom is 0.200 e. The first-order valence-electron chi connectivity index (χ1n) is 14.1. The number of ketones is 2. The van der Waals surface area contributed by atoms with Gasteiger partial charge in [0.05, 0.1) is 35.5 Å². The van der Waals surface area contributed by atoms with Gasteiger partial charge in [0, 0.05) is 22.5 Å². The van der Waals surface area contributed by atoms with Crippen LogP contribution in [0.15, 0.2) is 60.7 Å². The van der Waals surface area contributed by atoms with Gasteiger partial charge in [0.2, 0.25) is 11.6 Å². The van der Waals surface area contributed by atoms with Gasteiger partial charge in [0.15, 0.2) is 0 Å². The highest BCUT2D eigenvalue weighted by Crippen LogP contribution is 2.47. The molecular formula is C34H34N2O6. The molecule has 42 heavy (non-hydrogen) atoms. The first-order chi connectivity index (χ1) is 20.3. The molecule has 4 aromatic rings. The second-order valence-electron chi connectivity index (χ2n) is 10.3. The largest absolute Gasteiger partial charge is 0.506 e. The van der Waals surface area contributed by atoms with Crippen molar-refractivity contribution in [3.63, 3.8) is 0 Å². The molecule has 5 rings (SSSR count). The lowest BCUT2D eigenvalue weighted by Crippen LogP contribution is -2.24. The van der Waals surface area contributed by atoms with Crippen molar-refractivity contribution < 1.29 is 29.3 Å². The summed E-state index contributed by atoms with van der Waals surface area (Å²) in [6.45, 7) is 5.35. The molecule has 0 spiro atoms. The van der Waals surface area contributed by atoms with Gasteiger partial charge < -0.3 is 31.2 Å². The molecule has 0 unspecified atom stereocenters. The third-order valence-electron chi connectivity index (χ3n) is 7.43. The Balaban J connectivity index is 1.53. The lowest BCUT2D eigenvalue weighted by molar-refractivity contribution is 0.0975. The van der Waals surface area contributed by atoms with E-state index in [1.54, 1.807) is 48.5 Å². The SMILES string of the molecule is CCCCOc1ccc(-c2cc(N)c3c(c2O)C(=O)c2c(N)cc(-c4ccc(OCCCC)cc4)c(O)c2C3=O)cc1. The smallest absolute Gasteiger partial charge is 0.200 e. The zero-order chi connectivity index (χ0) is 30.0. The number of ether oxygens (including phenoxy) is 2. The summed E-state index contributed by atoms with van der Waals surface area (Å²) < 4.78 is 11.4. The number of hydrogen-bond acceptors (Lipinski definition) is 8. The van der Waals surface area contributed by atoms with E-state index in [2.05, 4.69) is 13.8 Å². The molecule has 6 N–H and O–H groups in total. The van der Waals surface area contributed by atoms with Crippen molar-refractivity contribution in [2.45, 2.75) is 39.5 Å². The summed E-state index contributed by atoms with van der Waals surface area (Å²) in [5.74, 6) is -0.798. The highest BCUT2D eigenvalue weighted by Gasteiger charge is 2.39. The standard InChI is InChI=1S/C34H34N2O6/c1-3-5-15-41-21-11-7-19(8-12-21)23-17-25(35)27-29(31(23)37)33(39)28-26(36)18-24(32(38)30(28)34(27)40)20-9-13-22(14-10-20)42-16-6-4-2/h7-14,17-18,37-38H,3-6,15-16,35-36H2,1-2H3. The highest BCUT2D eigenvalue weighted by molar-refractivity contribution is 6.34. The van der Waals surface area contributed by atoms with Crippen LogP contribution in [0.25, 0.3) is 22.3 Å². The van der Waals surface area contributed by atoms with Crippen LogP contribution in [-0.2, 0) is 0 Å². The van der Waals surface area contributed by atoms with Crippen molar-refractivity contribution in [2.24, 2.45) is 0 Å². The van der Waals surface area contributed by atoms with Crippen LogP contribution in [0.2, 0.25) is 0 Å². The Labute approximate surface area is 244 Å². The molecule has 0 atom stereocenters. The second kappa shape index (κ2) is 11.9. The molecule has 216 valence electrons. The molecule has 0 fully saturated rings. The van der Waals surface area contributed by atoms with Crippen LogP contribution >= 0.6 is 0 Å². The Hall–Kier alpha value is -4.98. The first kappa shape index (κ1) is 28.5. The van der Waals surface area contributed by atoms with Gasteiger partial charge in [-0.05, 0) is 60.4 Å². The molecule has 0 saturated heterocycles. The van der Waals surface area contributed by atoms with E-state index in [-0.39, 0.29) is 56.3 Å². The quantitative estimate of drug-likeness (QED) is 0.0827. The van der Waals surface area contributed by atoms with Crippen LogP contribution < -0.4 is 20.9 Å². The number of hydrogen-bond donors (Lipinski definition) is 4. The van der Waals surface area contributed by atoms with E-state index in [1.807, 2.05) is 0 Å². The molecular weight excluding hydrogens is 532 g/mol. The highest BCUT2D eigenvalue weighted by atomic mass is 16.5. The number of phenolic OH excluding ortho intramolecular Hbond substituents is 2. The summed E-state index contributed by atoms with van der Waals surface area (Å²) in [5.41, 5.74) is 13.6. The minimum absolute atomic E-state index is 0.00188. The number of nitrogen functional groups attached to an aromatic ring is 2. The normalized spacial score (nSPS) is 12.1. The van der Waals surface area contributed by atoms with Crippen molar-refractivity contribution in [2.75, 3.05) is 24.7 Å². The van der Waals surface area contributed by atoms with Crippen LogP contribution in [0, 0.1) is 0 Å². The number of unbranched alkanes of at least 4 members (excludes halogenated alkanes) is 2. The van der Waals surface area contributed by atoms with Crippen molar-refractivity contribution in [3.8, 4) is 45.3 Å². The molecule has 0 saturated carbocycles. The summed E-state index contributed by atoms with van der Waals surface area (Å²) in [7, 11) is 0. The van der Waals surface area contributed by atoms with Crippen molar-refractivity contribution in [1.82, 2.24) is 0 Å². The van der Waals surface area contributed by atoms with E-state index < -0.39 is 11.6 Å². The van der Waals surface area contributed by atoms with Crippen LogP contribution in [0.5, 0.6) is 23.0 Å². The molecule has 0 aliphatic heterocycles. The van der Waals surface area contributed by atoms with E-state index >= 15 is 0 Å². The first-order valence-corrected chi connectivity index (χ1v) is 14.1. The van der Waals surface area contributed by atoms with Crippen molar-refractivity contribution >= 4 is 22.9 Å². The summed E-state index contributed by atoms with van der Waals surface area (Å²) >= 11 is 0. The molecule has 0 heterocycles. The van der Waals surface area contributed by atoms with E-state index in [0.717, 1.165) is 25.7 Å². The zero-order valence-corrected chi connectivity index (χ0v) is 23.7. The van der Waals surface area contributed by atoms with Gasteiger partial charge in [0.1, 0.15) is 23.0 Å². The maximum absolute atomic E-state index is 13.8. The molecule has 0 aromatic heterocycles. The number of rotatable bonds is 10. The van der Waals surface area contributed by atoms with Gasteiger partial charge in [-0.2, -0.15) is 0 Å². The third kappa shape index (κ3) is 5.11. The van der Waals surface area contributed by atoms with Crippen LogP contribution in [0.3, 0.4) is 0 Å². The van der Waals surface area contributed by atoms with Crippen LogP contribution in [-0.4, -0.2) is 35.0 Å². The monoisotopic (exact) mass is 566 g/mol. The zero-order valence-electron chi connectivity index (χ0n) is 23.7. The molecule has 8 heteroatoms. The average molecular weight is 567 g/mol. The van der Waals surface area contributed by atoms with E-state index in [9.17, 15) is 19.8 Å². The number of carbonyl (C=O) groups is 2. The molecule has 4 aromatic carbocycles. The second-order valence-corrected chi connectivity index (χ2v) is 10.3. The molecule has 1 aliphatic carbocycles. The number of nitrogens with two attached hydrogens (primary N) is 2. The summed E-state index contributed by atoms with van der Waals surface area (Å²) in [6.07, 6.45) is 3.90. The maximum atomic E-state index is 13.8. The lowest BCUT2D eigenvalue weighted by atomic mass is 9.78. The Morgan fingerprint density at radius 3 is 1.29 bits per heavy atom. The minimum atomic E-state index is -0.691. The summed E-state index contributed by atoms with van der Waals surface area (Å²) in [4.78, 5) is 27.6.